The maximum absolute atomic E-state index is 8.88. The molecule has 0 saturated carbocycles. The van der Waals surface area contributed by atoms with Gasteiger partial charge in [0.2, 0.25) is 0 Å². The first kappa shape index (κ1) is 30.0. The SMILES string of the molecule is O=P(O)(O)O.[Li+].[Li+].[Li+].[Li+]. The van der Waals surface area contributed by atoms with Gasteiger partial charge in [0.05, 0.1) is 0 Å². The van der Waals surface area contributed by atoms with Crippen molar-refractivity contribution in [2.24, 2.45) is 0 Å². The molecule has 0 aliphatic heterocycles. The molecule has 0 aromatic rings. The maximum Gasteiger partial charge on any atom is 1.00 e. The second kappa shape index (κ2) is 13.1. The van der Waals surface area contributed by atoms with Gasteiger partial charge in [-0.05, 0) is 0 Å². The van der Waals surface area contributed by atoms with Crippen LogP contribution in [-0.2, 0) is 4.57 Å². The molecule has 0 aromatic carbocycles. The predicted molar refractivity (Wildman–Crippen MR) is 14.3 cm³/mol. The molecule has 0 heterocycles. The molecule has 0 saturated heterocycles. The summed E-state index contributed by atoms with van der Waals surface area (Å²) in [6.07, 6.45) is 0. The van der Waals surface area contributed by atoms with Crippen LogP contribution < -0.4 is 75.4 Å². The average molecular weight is 126 g/mol. The number of phosphoric acid groups is 1. The summed E-state index contributed by atoms with van der Waals surface area (Å²) in [7, 11) is -4.64. The van der Waals surface area contributed by atoms with Crippen molar-refractivity contribution in [2.45, 2.75) is 0 Å². The molecule has 0 bridgehead atoms. The van der Waals surface area contributed by atoms with Crippen molar-refractivity contribution in [3.05, 3.63) is 0 Å². The minimum absolute atomic E-state index is 0. The van der Waals surface area contributed by atoms with Gasteiger partial charge in [0.1, 0.15) is 0 Å². The number of hydrogen-bond donors (Lipinski definition) is 3. The molecule has 0 aromatic heterocycles. The Balaban J connectivity index is -0.0000000133. The van der Waals surface area contributed by atoms with Crippen LogP contribution in [0, 0.1) is 0 Å². The molecule has 0 fully saturated rings. The summed E-state index contributed by atoms with van der Waals surface area (Å²) < 4.78 is 8.88. The molecular weight excluding hydrogens is 123 g/mol. The molecule has 0 aliphatic carbocycles. The summed E-state index contributed by atoms with van der Waals surface area (Å²) in [5.41, 5.74) is 0. The van der Waals surface area contributed by atoms with Crippen molar-refractivity contribution >= 4 is 7.82 Å². The predicted octanol–water partition coefficient (Wildman–Crippen LogP) is -12.9. The van der Waals surface area contributed by atoms with E-state index < -0.39 is 7.82 Å². The van der Waals surface area contributed by atoms with Gasteiger partial charge in [-0.25, -0.2) is 4.57 Å². The Morgan fingerprint density at radius 1 is 0.778 bits per heavy atom. The zero-order valence-corrected chi connectivity index (χ0v) is 7.09. The smallest absolute Gasteiger partial charge is 0.303 e. The van der Waals surface area contributed by atoms with Crippen LogP contribution in [0.2, 0.25) is 0 Å². The van der Waals surface area contributed by atoms with Gasteiger partial charge in [-0.1, -0.05) is 0 Å². The second-order valence-electron chi connectivity index (χ2n) is 0.513. The molecule has 0 rings (SSSR count). The van der Waals surface area contributed by atoms with Crippen LogP contribution in [-0.4, -0.2) is 14.7 Å². The number of hydrogen-bond acceptors (Lipinski definition) is 1. The summed E-state index contributed by atoms with van der Waals surface area (Å²) in [6, 6.07) is 0. The third-order valence-corrected chi connectivity index (χ3v) is 0. The van der Waals surface area contributed by atoms with Crippen molar-refractivity contribution in [2.75, 3.05) is 0 Å². The zero-order chi connectivity index (χ0) is 4.50. The van der Waals surface area contributed by atoms with Crippen molar-refractivity contribution in [1.29, 1.82) is 0 Å². The third kappa shape index (κ3) is 121. The molecule has 32 valence electrons. The molecule has 0 atom stereocenters. The average Bonchev–Trinajstić information content (AvgIpc) is 0.722. The van der Waals surface area contributed by atoms with Gasteiger partial charge in [0.25, 0.3) is 0 Å². The molecule has 0 amide bonds. The Bertz CT molecular complexity index is 58.7. The fraction of sp³-hybridized carbons (Fsp3) is 0. The van der Waals surface area contributed by atoms with Crippen LogP contribution in [0.25, 0.3) is 0 Å². The van der Waals surface area contributed by atoms with Crippen LogP contribution in [0.3, 0.4) is 0 Å². The van der Waals surface area contributed by atoms with Gasteiger partial charge in [0, 0.05) is 0 Å². The molecule has 4 nitrogen and oxygen atoms in total. The molecule has 0 aliphatic rings. The van der Waals surface area contributed by atoms with Crippen LogP contribution in [0.4, 0.5) is 0 Å². The van der Waals surface area contributed by atoms with E-state index in [0.717, 1.165) is 0 Å². The Morgan fingerprint density at radius 2 is 0.778 bits per heavy atom. The Labute approximate surface area is 101 Å². The van der Waals surface area contributed by atoms with Crippen LogP contribution in [0.15, 0.2) is 0 Å². The van der Waals surface area contributed by atoms with Crippen LogP contribution in [0.1, 0.15) is 0 Å². The molecular formula is H3Li4O4P+4. The van der Waals surface area contributed by atoms with Gasteiger partial charge in [-0.2, -0.15) is 0 Å². The van der Waals surface area contributed by atoms with E-state index in [1.54, 1.807) is 0 Å². The quantitative estimate of drug-likeness (QED) is 0.222. The van der Waals surface area contributed by atoms with Crippen molar-refractivity contribution in [3.63, 3.8) is 0 Å². The standard InChI is InChI=1S/4Li.H3O4P/c;;;;1-5(2,3)4/h;;;;(H3,1,2,3,4)/q4*+1;. The molecule has 0 spiro atoms. The molecule has 3 N–H and O–H groups in total. The van der Waals surface area contributed by atoms with E-state index in [9.17, 15) is 0 Å². The van der Waals surface area contributed by atoms with Gasteiger partial charge in [0.15, 0.2) is 0 Å². The fourth-order valence-electron chi connectivity index (χ4n) is 0. The van der Waals surface area contributed by atoms with E-state index in [1.165, 1.54) is 0 Å². The van der Waals surface area contributed by atoms with E-state index in [0.29, 0.717) is 0 Å². The molecule has 0 radical (unpaired) electrons. The van der Waals surface area contributed by atoms with E-state index in [2.05, 4.69) is 0 Å². The summed E-state index contributed by atoms with van der Waals surface area (Å²) in [5, 5.41) is 0. The number of rotatable bonds is 0. The first-order valence-corrected chi connectivity index (χ1v) is 2.35. The first-order valence-electron chi connectivity index (χ1n) is 0.783. The van der Waals surface area contributed by atoms with Crippen LogP contribution >= 0.6 is 7.82 Å². The monoisotopic (exact) mass is 126 g/mol. The Kier molecular flexibility index (Phi) is 43.7. The summed E-state index contributed by atoms with van der Waals surface area (Å²) in [5.74, 6) is 0. The van der Waals surface area contributed by atoms with Gasteiger partial charge in [-0.15, -0.1) is 0 Å². The van der Waals surface area contributed by atoms with E-state index in [1.807, 2.05) is 0 Å². The zero-order valence-electron chi connectivity index (χ0n) is 6.20. The van der Waals surface area contributed by atoms with Gasteiger partial charge in [-0.3, -0.25) is 0 Å². The minimum atomic E-state index is -4.64. The molecule has 0 unspecified atom stereocenters. The van der Waals surface area contributed by atoms with Crippen molar-refractivity contribution < 1.29 is 94.7 Å². The van der Waals surface area contributed by atoms with E-state index in [4.69, 9.17) is 19.2 Å². The maximum atomic E-state index is 8.88. The fourth-order valence-corrected chi connectivity index (χ4v) is 0. The van der Waals surface area contributed by atoms with E-state index in [-0.39, 0.29) is 75.4 Å². The summed E-state index contributed by atoms with van der Waals surface area (Å²) in [4.78, 5) is 21.6. The third-order valence-electron chi connectivity index (χ3n) is 0. The summed E-state index contributed by atoms with van der Waals surface area (Å²) >= 11 is 0. The largest absolute Gasteiger partial charge is 1.00 e. The Hall–Kier alpha value is 2.50. The van der Waals surface area contributed by atoms with Gasteiger partial charge < -0.3 is 14.7 Å². The van der Waals surface area contributed by atoms with Gasteiger partial charge >= 0.3 is 83.3 Å². The van der Waals surface area contributed by atoms with E-state index >= 15 is 0 Å². The normalized spacial score (nSPS) is 6.56. The summed E-state index contributed by atoms with van der Waals surface area (Å²) in [6.45, 7) is 0. The second-order valence-corrected chi connectivity index (χ2v) is 1.54. The Morgan fingerprint density at radius 3 is 0.778 bits per heavy atom. The van der Waals surface area contributed by atoms with Crippen molar-refractivity contribution in [1.82, 2.24) is 0 Å². The van der Waals surface area contributed by atoms with Crippen LogP contribution in [0.5, 0.6) is 0 Å². The minimum Gasteiger partial charge on any atom is -0.303 e. The molecule has 9 heavy (non-hydrogen) atoms. The topological polar surface area (TPSA) is 77.8 Å². The first-order chi connectivity index (χ1) is 2.00. The molecule has 9 heteroatoms. The van der Waals surface area contributed by atoms with Crippen molar-refractivity contribution in [3.8, 4) is 0 Å².